The van der Waals surface area contributed by atoms with Crippen LogP contribution in [0.3, 0.4) is 0 Å². The molecule has 1 amide bonds. The predicted octanol–water partition coefficient (Wildman–Crippen LogP) is 5.98. The van der Waals surface area contributed by atoms with Gasteiger partial charge in [0.2, 0.25) is 0 Å². The van der Waals surface area contributed by atoms with Crippen LogP contribution < -0.4 is 10.6 Å². The molecule has 1 aromatic carbocycles. The molecule has 0 saturated carbocycles. The highest BCUT2D eigenvalue weighted by Crippen LogP contribution is 2.28. The number of aromatic nitrogens is 3. The smallest absolute Gasteiger partial charge is 0.362 e. The minimum absolute atomic E-state index is 0.0603. The van der Waals surface area contributed by atoms with Gasteiger partial charge in [-0.2, -0.15) is 13.2 Å². The molecule has 0 aliphatic rings. The van der Waals surface area contributed by atoms with Crippen molar-refractivity contribution in [2.45, 2.75) is 26.1 Å². The van der Waals surface area contributed by atoms with E-state index in [4.69, 9.17) is 0 Å². The average molecular weight is 475 g/mol. The van der Waals surface area contributed by atoms with Crippen molar-refractivity contribution < 1.29 is 22.4 Å². The molecule has 0 spiro atoms. The first kappa shape index (κ1) is 22.6. The quantitative estimate of drug-likeness (QED) is 0.347. The number of alkyl halides is 3. The van der Waals surface area contributed by atoms with Gasteiger partial charge in [-0.25, -0.2) is 14.4 Å². The van der Waals surface area contributed by atoms with Crippen LogP contribution in [-0.4, -0.2) is 20.9 Å². The number of thiophene rings is 1. The molecule has 0 unspecified atom stereocenters. The van der Waals surface area contributed by atoms with E-state index in [-0.39, 0.29) is 16.8 Å². The molecule has 0 aliphatic heterocycles. The maximum absolute atomic E-state index is 14.5. The lowest BCUT2D eigenvalue weighted by molar-refractivity contribution is -0.141. The standard InChI is InChI=1S/C22H17F4N5OS/c1-11-7-17-21(33-11)31-19(10-27-17)29-12(2)15-8-14(4-5-16(15)23)30-20(32)13-3-6-18(28-9-13)22(24,25)26/h3-10,12H,1-2H3,(H,29,31)(H,30,32)/t12-/m0/s1. The zero-order valence-electron chi connectivity index (χ0n) is 17.4. The molecule has 33 heavy (non-hydrogen) atoms. The van der Waals surface area contributed by atoms with E-state index in [1.165, 1.54) is 29.5 Å². The molecule has 1 atom stereocenters. The fourth-order valence-corrected chi connectivity index (χ4v) is 3.99. The number of amides is 1. The molecule has 0 fully saturated rings. The highest BCUT2D eigenvalue weighted by molar-refractivity contribution is 7.18. The Morgan fingerprint density at radius 2 is 1.88 bits per heavy atom. The van der Waals surface area contributed by atoms with Crippen molar-refractivity contribution in [3.63, 3.8) is 0 Å². The van der Waals surface area contributed by atoms with E-state index in [0.29, 0.717) is 5.82 Å². The summed E-state index contributed by atoms with van der Waals surface area (Å²) in [5, 5.41) is 5.65. The van der Waals surface area contributed by atoms with E-state index in [0.717, 1.165) is 33.6 Å². The Labute approximate surface area is 189 Å². The van der Waals surface area contributed by atoms with Gasteiger partial charge < -0.3 is 10.6 Å². The van der Waals surface area contributed by atoms with Crippen molar-refractivity contribution in [3.8, 4) is 0 Å². The van der Waals surface area contributed by atoms with Gasteiger partial charge in [-0.05, 0) is 50.2 Å². The second-order valence-corrected chi connectivity index (χ2v) is 8.52. The SMILES string of the molecule is Cc1cc2ncc(N[C@@H](C)c3cc(NC(=O)c4ccc(C(F)(F)F)nc4)ccc3F)nc2s1. The highest BCUT2D eigenvalue weighted by atomic mass is 32.1. The summed E-state index contributed by atoms with van der Waals surface area (Å²) in [6.07, 6.45) is -2.19. The Morgan fingerprint density at radius 3 is 2.58 bits per heavy atom. The van der Waals surface area contributed by atoms with Crippen LogP contribution in [0.5, 0.6) is 0 Å². The first-order valence-corrected chi connectivity index (χ1v) is 10.6. The molecule has 170 valence electrons. The number of pyridine rings is 1. The summed E-state index contributed by atoms with van der Waals surface area (Å²) >= 11 is 1.50. The summed E-state index contributed by atoms with van der Waals surface area (Å²) < 4.78 is 52.4. The molecule has 0 aliphatic carbocycles. The van der Waals surface area contributed by atoms with Crippen molar-refractivity contribution in [2.75, 3.05) is 10.6 Å². The molecule has 0 bridgehead atoms. The number of carbonyl (C=O) groups excluding carboxylic acids is 1. The maximum atomic E-state index is 14.5. The van der Waals surface area contributed by atoms with Gasteiger partial charge in [0, 0.05) is 22.3 Å². The van der Waals surface area contributed by atoms with Crippen molar-refractivity contribution in [1.29, 1.82) is 0 Å². The van der Waals surface area contributed by atoms with E-state index >= 15 is 0 Å². The number of nitrogens with zero attached hydrogens (tertiary/aromatic N) is 3. The van der Waals surface area contributed by atoms with E-state index in [2.05, 4.69) is 25.6 Å². The van der Waals surface area contributed by atoms with Gasteiger partial charge in [-0.15, -0.1) is 11.3 Å². The van der Waals surface area contributed by atoms with E-state index in [1.54, 1.807) is 13.1 Å². The van der Waals surface area contributed by atoms with Crippen molar-refractivity contribution in [2.24, 2.45) is 0 Å². The first-order chi connectivity index (χ1) is 15.6. The van der Waals surface area contributed by atoms with Gasteiger partial charge in [0.15, 0.2) is 0 Å². The molecule has 11 heteroatoms. The Balaban J connectivity index is 1.50. The number of hydrogen-bond acceptors (Lipinski definition) is 6. The monoisotopic (exact) mass is 475 g/mol. The molecule has 0 saturated heterocycles. The number of aryl methyl sites for hydroxylation is 1. The van der Waals surface area contributed by atoms with Crippen molar-refractivity contribution >= 4 is 39.1 Å². The Bertz CT molecular complexity index is 1320. The normalized spacial score (nSPS) is 12.5. The lowest BCUT2D eigenvalue weighted by Gasteiger charge is -2.17. The second kappa shape index (κ2) is 8.74. The minimum atomic E-state index is -4.60. The molecule has 6 nitrogen and oxygen atoms in total. The lowest BCUT2D eigenvalue weighted by atomic mass is 10.1. The van der Waals surface area contributed by atoms with Gasteiger partial charge in [0.25, 0.3) is 5.91 Å². The van der Waals surface area contributed by atoms with Crippen LogP contribution in [0.1, 0.15) is 39.5 Å². The van der Waals surface area contributed by atoms with E-state index < -0.39 is 29.6 Å². The number of halogens is 4. The number of hydrogen-bond donors (Lipinski definition) is 2. The molecular formula is C22H17F4N5OS. The molecule has 4 rings (SSSR count). The number of nitrogens with one attached hydrogen (secondary N) is 2. The van der Waals surface area contributed by atoms with Crippen LogP contribution in [0.15, 0.2) is 48.8 Å². The zero-order valence-corrected chi connectivity index (χ0v) is 18.2. The summed E-state index contributed by atoms with van der Waals surface area (Å²) in [7, 11) is 0. The van der Waals surface area contributed by atoms with Crippen molar-refractivity contribution in [3.05, 3.63) is 76.3 Å². The third-order valence-electron chi connectivity index (χ3n) is 4.77. The summed E-state index contributed by atoms with van der Waals surface area (Å²) in [4.78, 5) is 26.3. The third-order valence-corrected chi connectivity index (χ3v) is 5.70. The van der Waals surface area contributed by atoms with E-state index in [9.17, 15) is 22.4 Å². The number of benzene rings is 1. The summed E-state index contributed by atoms with van der Waals surface area (Å²) in [6, 6.07) is 7.18. The summed E-state index contributed by atoms with van der Waals surface area (Å²) in [5.41, 5.74) is 0.171. The molecule has 3 heterocycles. The number of anilines is 2. The molecule has 0 radical (unpaired) electrons. The number of rotatable bonds is 5. The van der Waals surface area contributed by atoms with Crippen LogP contribution in [-0.2, 0) is 6.18 Å². The number of carbonyl (C=O) groups is 1. The fourth-order valence-electron chi connectivity index (χ4n) is 3.15. The molecule has 4 aromatic rings. The molecule has 3 aromatic heterocycles. The lowest BCUT2D eigenvalue weighted by Crippen LogP contribution is -2.15. The second-order valence-electron chi connectivity index (χ2n) is 7.29. The van der Waals surface area contributed by atoms with Crippen LogP contribution in [0.2, 0.25) is 0 Å². The van der Waals surface area contributed by atoms with Crippen molar-refractivity contribution in [1.82, 2.24) is 15.0 Å². The Morgan fingerprint density at radius 1 is 1.09 bits per heavy atom. The summed E-state index contributed by atoms with van der Waals surface area (Å²) in [5.74, 6) is -0.689. The first-order valence-electron chi connectivity index (χ1n) is 9.74. The van der Waals surface area contributed by atoms with Gasteiger partial charge in [-0.1, -0.05) is 0 Å². The number of fused-ring (bicyclic) bond motifs is 1. The topological polar surface area (TPSA) is 79.8 Å². The Kier molecular flexibility index (Phi) is 5.98. The fraction of sp³-hybridized carbons (Fsp3) is 0.182. The van der Waals surface area contributed by atoms with Crippen LogP contribution >= 0.6 is 11.3 Å². The van der Waals surface area contributed by atoms with Crippen LogP contribution in [0, 0.1) is 12.7 Å². The summed E-state index contributed by atoms with van der Waals surface area (Å²) in [6.45, 7) is 3.69. The Hall–Kier alpha value is -3.60. The van der Waals surface area contributed by atoms with Gasteiger partial charge in [0.05, 0.1) is 17.8 Å². The predicted molar refractivity (Wildman–Crippen MR) is 118 cm³/mol. The van der Waals surface area contributed by atoms with E-state index in [1.807, 2.05) is 13.0 Å². The van der Waals surface area contributed by atoms with Gasteiger partial charge in [-0.3, -0.25) is 9.78 Å². The largest absolute Gasteiger partial charge is 0.433 e. The van der Waals surface area contributed by atoms with Gasteiger partial charge >= 0.3 is 6.18 Å². The average Bonchev–Trinajstić information content (AvgIpc) is 3.13. The molecular weight excluding hydrogens is 458 g/mol. The zero-order chi connectivity index (χ0) is 23.8. The van der Waals surface area contributed by atoms with Crippen LogP contribution in [0.4, 0.5) is 29.1 Å². The third kappa shape index (κ3) is 5.08. The minimum Gasteiger partial charge on any atom is -0.362 e. The molecule has 2 N–H and O–H groups in total. The maximum Gasteiger partial charge on any atom is 0.433 e. The van der Waals surface area contributed by atoms with Gasteiger partial charge in [0.1, 0.15) is 27.7 Å². The highest BCUT2D eigenvalue weighted by Gasteiger charge is 2.32. The van der Waals surface area contributed by atoms with Crippen LogP contribution in [0.25, 0.3) is 10.3 Å².